The Bertz CT molecular complexity index is 562. The fourth-order valence-corrected chi connectivity index (χ4v) is 3.53. The van der Waals surface area contributed by atoms with Gasteiger partial charge in [-0.25, -0.2) is 4.79 Å². The number of carbonyl (C=O) groups excluding carboxylic acids is 2. The van der Waals surface area contributed by atoms with Crippen molar-refractivity contribution in [3.8, 4) is 0 Å². The van der Waals surface area contributed by atoms with Gasteiger partial charge in [0.1, 0.15) is 5.00 Å². The van der Waals surface area contributed by atoms with Crippen molar-refractivity contribution < 1.29 is 14.3 Å². The van der Waals surface area contributed by atoms with Crippen LogP contribution in [-0.4, -0.2) is 24.0 Å². The molecule has 21 heavy (non-hydrogen) atoms. The van der Waals surface area contributed by atoms with E-state index in [-0.39, 0.29) is 17.4 Å². The van der Waals surface area contributed by atoms with Gasteiger partial charge in [-0.15, -0.1) is 11.3 Å². The molecule has 0 radical (unpaired) electrons. The molecular weight excluding hydrogens is 288 g/mol. The number of esters is 1. The van der Waals surface area contributed by atoms with Crippen molar-refractivity contribution in [1.82, 2.24) is 0 Å². The second-order valence-electron chi connectivity index (χ2n) is 5.65. The zero-order valence-electron chi connectivity index (χ0n) is 12.7. The molecule has 1 fully saturated rings. The lowest BCUT2D eigenvalue weighted by atomic mass is 9.75. The van der Waals surface area contributed by atoms with Crippen molar-refractivity contribution in [3.63, 3.8) is 0 Å². The molecule has 0 aliphatic heterocycles. The SMILES string of the molecule is CCOC(=O)c1c(NC(=O)CC2(N)CCC2)sc(C)c1C. The quantitative estimate of drug-likeness (QED) is 0.819. The molecular formula is C15H22N2O3S. The van der Waals surface area contributed by atoms with Crippen molar-refractivity contribution in [1.29, 1.82) is 0 Å². The molecule has 116 valence electrons. The normalized spacial score (nSPS) is 16.2. The Morgan fingerprint density at radius 2 is 2.05 bits per heavy atom. The minimum Gasteiger partial charge on any atom is -0.462 e. The van der Waals surface area contributed by atoms with E-state index in [1.807, 2.05) is 13.8 Å². The number of hydrogen-bond donors (Lipinski definition) is 2. The lowest BCUT2D eigenvalue weighted by Crippen LogP contribution is -2.48. The van der Waals surface area contributed by atoms with Crippen molar-refractivity contribution in [2.24, 2.45) is 5.73 Å². The number of nitrogens with two attached hydrogens (primary N) is 1. The Kier molecular flexibility index (Phi) is 4.68. The molecule has 1 heterocycles. The molecule has 0 atom stereocenters. The Morgan fingerprint density at radius 3 is 2.57 bits per heavy atom. The van der Waals surface area contributed by atoms with Crippen LogP contribution in [0, 0.1) is 13.8 Å². The molecule has 0 aromatic carbocycles. The fraction of sp³-hybridized carbons (Fsp3) is 0.600. The number of ether oxygens (including phenoxy) is 1. The van der Waals surface area contributed by atoms with Gasteiger partial charge in [0.2, 0.25) is 5.91 Å². The molecule has 1 aliphatic carbocycles. The second kappa shape index (κ2) is 6.15. The molecule has 2 rings (SSSR count). The first kappa shape index (κ1) is 16.0. The Labute approximate surface area is 128 Å². The van der Waals surface area contributed by atoms with Crippen LogP contribution in [0.1, 0.15) is 53.4 Å². The summed E-state index contributed by atoms with van der Waals surface area (Å²) < 4.78 is 5.07. The lowest BCUT2D eigenvalue weighted by Gasteiger charge is -2.37. The predicted molar refractivity (Wildman–Crippen MR) is 83.8 cm³/mol. The molecule has 0 unspecified atom stereocenters. The van der Waals surface area contributed by atoms with E-state index >= 15 is 0 Å². The molecule has 1 amide bonds. The molecule has 0 saturated heterocycles. The van der Waals surface area contributed by atoms with Crippen molar-refractivity contribution in [2.45, 2.75) is 52.0 Å². The summed E-state index contributed by atoms with van der Waals surface area (Å²) in [4.78, 5) is 25.2. The van der Waals surface area contributed by atoms with Crippen LogP contribution in [0.4, 0.5) is 5.00 Å². The summed E-state index contributed by atoms with van der Waals surface area (Å²) in [5.41, 5.74) is 7.05. The van der Waals surface area contributed by atoms with Crippen LogP contribution in [0.5, 0.6) is 0 Å². The third-order valence-electron chi connectivity index (χ3n) is 3.98. The average Bonchev–Trinajstić information content (AvgIpc) is 2.63. The van der Waals surface area contributed by atoms with Crippen LogP contribution in [0.2, 0.25) is 0 Å². The Morgan fingerprint density at radius 1 is 1.38 bits per heavy atom. The van der Waals surface area contributed by atoms with Gasteiger partial charge in [0, 0.05) is 16.8 Å². The monoisotopic (exact) mass is 310 g/mol. The van der Waals surface area contributed by atoms with E-state index in [4.69, 9.17) is 10.5 Å². The van der Waals surface area contributed by atoms with Gasteiger partial charge in [-0.3, -0.25) is 4.79 Å². The summed E-state index contributed by atoms with van der Waals surface area (Å²) in [5.74, 6) is -0.523. The maximum Gasteiger partial charge on any atom is 0.341 e. The Balaban J connectivity index is 2.13. The number of aryl methyl sites for hydroxylation is 1. The minimum absolute atomic E-state index is 0.135. The van der Waals surface area contributed by atoms with Gasteiger partial charge < -0.3 is 15.8 Å². The molecule has 6 heteroatoms. The van der Waals surface area contributed by atoms with Crippen molar-refractivity contribution in [3.05, 3.63) is 16.0 Å². The van der Waals surface area contributed by atoms with E-state index in [9.17, 15) is 9.59 Å². The summed E-state index contributed by atoms with van der Waals surface area (Å²) in [7, 11) is 0. The van der Waals surface area contributed by atoms with Crippen LogP contribution in [0.3, 0.4) is 0 Å². The first-order valence-corrected chi connectivity index (χ1v) is 8.04. The predicted octanol–water partition coefficient (Wildman–Crippen LogP) is 2.75. The zero-order valence-corrected chi connectivity index (χ0v) is 13.6. The van der Waals surface area contributed by atoms with Crippen LogP contribution in [0.25, 0.3) is 0 Å². The highest BCUT2D eigenvalue weighted by Crippen LogP contribution is 2.35. The smallest absolute Gasteiger partial charge is 0.341 e. The highest BCUT2D eigenvalue weighted by molar-refractivity contribution is 7.16. The van der Waals surface area contributed by atoms with Crippen LogP contribution < -0.4 is 11.1 Å². The van der Waals surface area contributed by atoms with Gasteiger partial charge in [0.25, 0.3) is 0 Å². The second-order valence-corrected chi connectivity index (χ2v) is 6.87. The molecule has 1 aliphatic rings. The molecule has 5 nitrogen and oxygen atoms in total. The van der Waals surface area contributed by atoms with Crippen molar-refractivity contribution >= 4 is 28.2 Å². The van der Waals surface area contributed by atoms with Gasteiger partial charge >= 0.3 is 5.97 Å². The number of amides is 1. The highest BCUT2D eigenvalue weighted by Gasteiger charge is 2.35. The van der Waals surface area contributed by atoms with Crippen LogP contribution in [-0.2, 0) is 9.53 Å². The third kappa shape index (κ3) is 3.44. The summed E-state index contributed by atoms with van der Waals surface area (Å²) in [5, 5.41) is 3.40. The maximum atomic E-state index is 12.1. The largest absolute Gasteiger partial charge is 0.462 e. The molecule has 0 spiro atoms. The summed E-state index contributed by atoms with van der Waals surface area (Å²) in [6, 6.07) is 0. The van der Waals surface area contributed by atoms with E-state index in [2.05, 4.69) is 5.32 Å². The maximum absolute atomic E-state index is 12.1. The van der Waals surface area contributed by atoms with Gasteiger partial charge in [-0.2, -0.15) is 0 Å². The van der Waals surface area contributed by atoms with Crippen LogP contribution >= 0.6 is 11.3 Å². The minimum atomic E-state index is -0.388. The molecule has 3 N–H and O–H groups in total. The highest BCUT2D eigenvalue weighted by atomic mass is 32.1. The number of anilines is 1. The zero-order chi connectivity index (χ0) is 15.6. The number of carbonyl (C=O) groups is 2. The standard InChI is InChI=1S/C15H22N2O3S/c1-4-20-14(19)12-9(2)10(3)21-13(12)17-11(18)8-15(16)6-5-7-15/h4-8,16H2,1-3H3,(H,17,18). The van der Waals surface area contributed by atoms with Crippen LogP contribution in [0.15, 0.2) is 0 Å². The molecule has 1 saturated carbocycles. The number of hydrogen-bond acceptors (Lipinski definition) is 5. The number of nitrogens with one attached hydrogen (secondary N) is 1. The first-order valence-electron chi connectivity index (χ1n) is 7.22. The van der Waals surface area contributed by atoms with E-state index < -0.39 is 0 Å². The van der Waals surface area contributed by atoms with E-state index in [1.54, 1.807) is 6.92 Å². The lowest BCUT2D eigenvalue weighted by molar-refractivity contribution is -0.118. The van der Waals surface area contributed by atoms with Gasteiger partial charge in [-0.1, -0.05) is 0 Å². The van der Waals surface area contributed by atoms with E-state index in [0.29, 0.717) is 23.6 Å². The van der Waals surface area contributed by atoms with Gasteiger partial charge in [0.15, 0.2) is 0 Å². The van der Waals surface area contributed by atoms with Crippen molar-refractivity contribution in [2.75, 3.05) is 11.9 Å². The summed E-state index contributed by atoms with van der Waals surface area (Å²) in [6.07, 6.45) is 3.14. The number of thiophene rings is 1. The molecule has 1 aromatic heterocycles. The summed E-state index contributed by atoms with van der Waals surface area (Å²) in [6.45, 7) is 5.87. The average molecular weight is 310 g/mol. The van der Waals surface area contributed by atoms with E-state index in [0.717, 1.165) is 29.7 Å². The fourth-order valence-electron chi connectivity index (χ4n) is 2.46. The van der Waals surface area contributed by atoms with Gasteiger partial charge in [-0.05, 0) is 45.6 Å². The molecule has 0 bridgehead atoms. The van der Waals surface area contributed by atoms with E-state index in [1.165, 1.54) is 11.3 Å². The third-order valence-corrected chi connectivity index (χ3v) is 5.10. The number of rotatable bonds is 5. The summed E-state index contributed by atoms with van der Waals surface area (Å²) >= 11 is 1.40. The van der Waals surface area contributed by atoms with Gasteiger partial charge in [0.05, 0.1) is 12.2 Å². The topological polar surface area (TPSA) is 81.4 Å². The molecule has 1 aromatic rings. The first-order chi connectivity index (χ1) is 9.86. The Hall–Kier alpha value is -1.40.